The maximum atomic E-state index is 12.7. The van der Waals surface area contributed by atoms with E-state index in [4.69, 9.17) is 0 Å². The smallest absolute Gasteiger partial charge is 0.228 e. The first-order chi connectivity index (χ1) is 14.6. The van der Waals surface area contributed by atoms with Crippen molar-refractivity contribution in [3.63, 3.8) is 0 Å². The molecule has 156 valence electrons. The Hall–Kier alpha value is -2.16. The third kappa shape index (κ3) is 5.30. The van der Waals surface area contributed by atoms with Crippen molar-refractivity contribution < 1.29 is 9.59 Å². The first kappa shape index (κ1) is 21.1. The summed E-state index contributed by atoms with van der Waals surface area (Å²) in [6.45, 7) is 5.25. The monoisotopic (exact) mass is 457 g/mol. The van der Waals surface area contributed by atoms with Gasteiger partial charge in [0.25, 0.3) is 0 Å². The number of thioether (sulfide) groups is 1. The summed E-state index contributed by atoms with van der Waals surface area (Å²) in [6, 6.07) is 12.2. The number of Topliss-reactive ketones (excluding diaryl/α,β-unsaturated/α-hetero) is 1. The van der Waals surface area contributed by atoms with E-state index in [1.54, 1.807) is 0 Å². The van der Waals surface area contributed by atoms with Gasteiger partial charge in [0.1, 0.15) is 0 Å². The lowest BCUT2D eigenvalue weighted by Crippen LogP contribution is -2.49. The molecule has 0 spiro atoms. The van der Waals surface area contributed by atoms with Crippen LogP contribution in [0.2, 0.25) is 0 Å². The van der Waals surface area contributed by atoms with E-state index in [0.717, 1.165) is 41.1 Å². The van der Waals surface area contributed by atoms with E-state index in [2.05, 4.69) is 41.1 Å². The van der Waals surface area contributed by atoms with Gasteiger partial charge in [-0.3, -0.25) is 9.59 Å². The van der Waals surface area contributed by atoms with Crippen LogP contribution in [0.15, 0.2) is 51.5 Å². The van der Waals surface area contributed by atoms with Crippen LogP contribution in [0.25, 0.3) is 0 Å². The second kappa shape index (κ2) is 9.76. The molecule has 0 radical (unpaired) electrons. The van der Waals surface area contributed by atoms with Gasteiger partial charge in [-0.05, 0) is 36.1 Å². The topological polar surface area (TPSA) is 53.5 Å². The zero-order chi connectivity index (χ0) is 20.9. The summed E-state index contributed by atoms with van der Waals surface area (Å²) in [5.74, 6) is 0.618. The van der Waals surface area contributed by atoms with Gasteiger partial charge in [-0.25, -0.2) is 4.98 Å². The fraction of sp³-hybridized carbons (Fsp3) is 0.318. The number of ketones is 1. The van der Waals surface area contributed by atoms with Crippen LogP contribution in [-0.4, -0.2) is 53.5 Å². The number of aromatic nitrogens is 1. The predicted molar refractivity (Wildman–Crippen MR) is 125 cm³/mol. The molecule has 0 N–H and O–H groups in total. The summed E-state index contributed by atoms with van der Waals surface area (Å²) in [6.07, 6.45) is 0.320. The minimum Gasteiger partial charge on any atom is -0.368 e. The molecule has 8 heteroatoms. The fourth-order valence-electron chi connectivity index (χ4n) is 3.38. The van der Waals surface area contributed by atoms with Crippen LogP contribution in [0.3, 0.4) is 0 Å². The normalized spacial score (nSPS) is 14.2. The van der Waals surface area contributed by atoms with Crippen LogP contribution in [0.1, 0.15) is 20.9 Å². The van der Waals surface area contributed by atoms with Gasteiger partial charge in [-0.1, -0.05) is 30.0 Å². The number of benzene rings is 1. The molecule has 0 bridgehead atoms. The van der Waals surface area contributed by atoms with Gasteiger partial charge in [0.05, 0.1) is 22.7 Å². The number of hydrogen-bond donors (Lipinski definition) is 0. The number of carbonyl (C=O) groups excluding carboxylic acids is 2. The fourth-order valence-corrected chi connectivity index (χ4v) is 5.86. The van der Waals surface area contributed by atoms with Gasteiger partial charge in [-0.2, -0.15) is 0 Å². The second-order valence-electron chi connectivity index (χ2n) is 7.18. The molecular weight excluding hydrogens is 434 g/mol. The number of carbonyl (C=O) groups is 2. The van der Waals surface area contributed by atoms with Crippen molar-refractivity contribution in [2.24, 2.45) is 0 Å². The molecule has 2 aromatic heterocycles. The van der Waals surface area contributed by atoms with Crippen LogP contribution in [0.5, 0.6) is 0 Å². The molecule has 0 unspecified atom stereocenters. The number of anilines is 1. The van der Waals surface area contributed by atoms with Crippen LogP contribution in [0, 0.1) is 6.92 Å². The molecule has 3 aromatic rings. The lowest BCUT2D eigenvalue weighted by atomic mass is 10.2. The number of nitrogens with zero attached hydrogens (tertiary/aromatic N) is 3. The summed E-state index contributed by atoms with van der Waals surface area (Å²) in [4.78, 5) is 34.4. The average molecular weight is 458 g/mol. The van der Waals surface area contributed by atoms with Crippen molar-refractivity contribution in [2.45, 2.75) is 17.7 Å². The third-order valence-corrected chi connectivity index (χ3v) is 7.97. The molecule has 1 aliphatic rings. The lowest BCUT2D eigenvalue weighted by molar-refractivity contribution is -0.130. The van der Waals surface area contributed by atoms with Crippen molar-refractivity contribution in [1.29, 1.82) is 0 Å². The number of amides is 1. The molecule has 1 amide bonds. The highest BCUT2D eigenvalue weighted by Crippen LogP contribution is 2.25. The summed E-state index contributed by atoms with van der Waals surface area (Å²) < 4.78 is 0.840. The van der Waals surface area contributed by atoms with E-state index >= 15 is 0 Å². The van der Waals surface area contributed by atoms with E-state index in [1.165, 1.54) is 45.7 Å². The van der Waals surface area contributed by atoms with Gasteiger partial charge in [0.15, 0.2) is 10.1 Å². The Labute approximate surface area is 188 Å². The van der Waals surface area contributed by atoms with E-state index < -0.39 is 0 Å². The van der Waals surface area contributed by atoms with Crippen molar-refractivity contribution >= 4 is 51.8 Å². The Kier molecular flexibility index (Phi) is 6.86. The number of aryl methyl sites for hydroxylation is 1. The van der Waals surface area contributed by atoms with Gasteiger partial charge < -0.3 is 9.80 Å². The molecule has 0 atom stereocenters. The van der Waals surface area contributed by atoms with Gasteiger partial charge in [0.2, 0.25) is 5.91 Å². The highest BCUT2D eigenvalue weighted by Gasteiger charge is 2.22. The number of piperazine rings is 1. The molecular formula is C22H23N3O2S3. The zero-order valence-corrected chi connectivity index (χ0v) is 19.2. The molecule has 1 saturated heterocycles. The molecule has 5 nitrogen and oxygen atoms in total. The Balaban J connectivity index is 1.25. The van der Waals surface area contributed by atoms with Crippen molar-refractivity contribution in [1.82, 2.24) is 9.88 Å². The Morgan fingerprint density at radius 1 is 1.10 bits per heavy atom. The van der Waals surface area contributed by atoms with E-state index in [1.807, 2.05) is 27.8 Å². The van der Waals surface area contributed by atoms with E-state index in [9.17, 15) is 9.59 Å². The zero-order valence-electron chi connectivity index (χ0n) is 16.7. The first-order valence-electron chi connectivity index (χ1n) is 9.82. The van der Waals surface area contributed by atoms with E-state index in [0.29, 0.717) is 12.2 Å². The molecule has 1 aliphatic heterocycles. The standard InChI is InChI=1S/C22H23N3O2S3/c1-16-4-2-5-18(12-16)24-7-9-25(10-8-24)21(27)13-17-14-29-22(23-17)30-15-19(26)20-6-3-11-28-20/h2-6,11-12,14H,7-10,13,15H2,1H3. The molecule has 0 aliphatic carbocycles. The SMILES string of the molecule is Cc1cccc(N2CCN(C(=O)Cc3csc(SCC(=O)c4cccs4)n3)CC2)c1. The summed E-state index contributed by atoms with van der Waals surface area (Å²) in [5, 5.41) is 3.84. The Morgan fingerprint density at radius 2 is 1.93 bits per heavy atom. The van der Waals surface area contributed by atoms with Crippen LogP contribution < -0.4 is 4.90 Å². The average Bonchev–Trinajstić information content (AvgIpc) is 3.44. The molecule has 30 heavy (non-hydrogen) atoms. The summed E-state index contributed by atoms with van der Waals surface area (Å²) in [5.41, 5.74) is 3.26. The molecule has 1 fully saturated rings. The van der Waals surface area contributed by atoms with Gasteiger partial charge in [0, 0.05) is 37.2 Å². The predicted octanol–water partition coefficient (Wildman–Crippen LogP) is 4.38. The maximum absolute atomic E-state index is 12.7. The lowest BCUT2D eigenvalue weighted by Gasteiger charge is -2.36. The minimum atomic E-state index is 0.120. The minimum absolute atomic E-state index is 0.120. The molecule has 3 heterocycles. The van der Waals surface area contributed by atoms with Crippen LogP contribution in [-0.2, 0) is 11.2 Å². The summed E-state index contributed by atoms with van der Waals surface area (Å²) >= 11 is 4.40. The second-order valence-corrected chi connectivity index (χ2v) is 10.2. The largest absolute Gasteiger partial charge is 0.368 e. The maximum Gasteiger partial charge on any atom is 0.228 e. The third-order valence-electron chi connectivity index (χ3n) is 4.98. The Morgan fingerprint density at radius 3 is 2.67 bits per heavy atom. The number of rotatable bonds is 7. The van der Waals surface area contributed by atoms with E-state index in [-0.39, 0.29) is 11.7 Å². The quantitative estimate of drug-likeness (QED) is 0.389. The Bertz CT molecular complexity index is 1010. The van der Waals surface area contributed by atoms with Crippen molar-refractivity contribution in [3.8, 4) is 0 Å². The molecule has 0 saturated carbocycles. The van der Waals surface area contributed by atoms with Gasteiger partial charge in [-0.15, -0.1) is 22.7 Å². The van der Waals surface area contributed by atoms with Gasteiger partial charge >= 0.3 is 0 Å². The van der Waals surface area contributed by atoms with Crippen molar-refractivity contribution in [3.05, 3.63) is 63.3 Å². The number of thiazole rings is 1. The highest BCUT2D eigenvalue weighted by molar-refractivity contribution is 8.01. The van der Waals surface area contributed by atoms with Crippen molar-refractivity contribution in [2.75, 3.05) is 36.8 Å². The highest BCUT2D eigenvalue weighted by atomic mass is 32.2. The summed E-state index contributed by atoms with van der Waals surface area (Å²) in [7, 11) is 0. The number of hydrogen-bond acceptors (Lipinski definition) is 7. The first-order valence-corrected chi connectivity index (χ1v) is 12.6. The molecule has 4 rings (SSSR count). The number of thiophene rings is 1. The molecule has 1 aromatic carbocycles. The van der Waals surface area contributed by atoms with Crippen LogP contribution >= 0.6 is 34.4 Å². The van der Waals surface area contributed by atoms with Crippen LogP contribution in [0.4, 0.5) is 5.69 Å².